The van der Waals surface area contributed by atoms with Gasteiger partial charge in [-0.25, -0.2) is 9.78 Å². The second kappa shape index (κ2) is 3.82. The molecule has 3 aromatic rings. The summed E-state index contributed by atoms with van der Waals surface area (Å²) in [6.45, 7) is 1.81. The summed E-state index contributed by atoms with van der Waals surface area (Å²) in [4.78, 5) is 21.5. The average molecular weight is 256 g/mol. The van der Waals surface area contributed by atoms with Gasteiger partial charge in [-0.05, 0) is 25.1 Å². The molecule has 0 saturated carbocycles. The van der Waals surface area contributed by atoms with E-state index in [0.717, 1.165) is 27.3 Å². The quantitative estimate of drug-likeness (QED) is 0.699. The summed E-state index contributed by atoms with van der Waals surface area (Å²) in [6, 6.07) is 7.68. The summed E-state index contributed by atoms with van der Waals surface area (Å²) in [6.07, 6.45) is 0. The summed E-state index contributed by atoms with van der Waals surface area (Å²) in [5.74, 6) is 0. The number of hydrogen-bond donors (Lipinski definition) is 2. The Morgan fingerprint density at radius 2 is 2.11 bits per heavy atom. The van der Waals surface area contributed by atoms with Crippen molar-refractivity contribution < 1.29 is 0 Å². The molecule has 2 aromatic heterocycles. The molecule has 0 atom stereocenters. The van der Waals surface area contributed by atoms with Crippen LogP contribution in [0, 0.1) is 18.3 Å². The lowest BCUT2D eigenvalue weighted by Gasteiger charge is -1.95. The van der Waals surface area contributed by atoms with E-state index in [9.17, 15) is 4.79 Å². The molecule has 2 N–H and O–H groups in total. The highest BCUT2D eigenvalue weighted by atomic mass is 32.1. The Bertz CT molecular complexity index is 834. The normalized spacial score (nSPS) is 10.7. The van der Waals surface area contributed by atoms with Gasteiger partial charge in [-0.15, -0.1) is 11.3 Å². The van der Waals surface area contributed by atoms with Gasteiger partial charge >= 0.3 is 5.69 Å². The van der Waals surface area contributed by atoms with Crippen LogP contribution in [0.5, 0.6) is 0 Å². The Hall–Kier alpha value is -2.39. The Morgan fingerprint density at radius 1 is 1.33 bits per heavy atom. The van der Waals surface area contributed by atoms with Gasteiger partial charge < -0.3 is 9.97 Å². The highest BCUT2D eigenvalue weighted by molar-refractivity contribution is 7.15. The average Bonchev–Trinajstić information content (AvgIpc) is 2.89. The third kappa shape index (κ3) is 1.61. The van der Waals surface area contributed by atoms with Crippen molar-refractivity contribution >= 4 is 22.4 Å². The fraction of sp³-hybridized carbons (Fsp3) is 0.0833. The first-order chi connectivity index (χ1) is 8.67. The van der Waals surface area contributed by atoms with Crippen molar-refractivity contribution in [1.29, 1.82) is 5.26 Å². The van der Waals surface area contributed by atoms with Gasteiger partial charge in [0.15, 0.2) is 0 Å². The molecule has 0 aliphatic heterocycles. The van der Waals surface area contributed by atoms with Gasteiger partial charge in [0, 0.05) is 5.56 Å². The lowest BCUT2D eigenvalue weighted by molar-refractivity contribution is 1.21. The van der Waals surface area contributed by atoms with Gasteiger partial charge in [0.2, 0.25) is 0 Å². The van der Waals surface area contributed by atoms with Gasteiger partial charge in [0.1, 0.15) is 16.0 Å². The SMILES string of the molecule is Cc1nc(-c2ccc3[nH]c(=O)[nH]c3c2)sc1C#N. The number of H-pyrrole nitrogens is 2. The molecule has 88 valence electrons. The number of hydrogen-bond acceptors (Lipinski definition) is 4. The van der Waals surface area contributed by atoms with Crippen LogP contribution in [-0.4, -0.2) is 15.0 Å². The van der Waals surface area contributed by atoms with Crippen molar-refractivity contribution in [2.45, 2.75) is 6.92 Å². The van der Waals surface area contributed by atoms with E-state index in [-0.39, 0.29) is 5.69 Å². The summed E-state index contributed by atoms with van der Waals surface area (Å²) in [5.41, 5.74) is 2.91. The number of fused-ring (bicyclic) bond motifs is 1. The van der Waals surface area contributed by atoms with Gasteiger partial charge in [0.05, 0.1) is 16.7 Å². The molecular formula is C12H8N4OS. The standard InChI is InChI=1S/C12H8N4OS/c1-6-10(5-13)18-11(14-6)7-2-3-8-9(4-7)16-12(17)15-8/h2-4H,1H3,(H2,15,16,17). The van der Waals surface area contributed by atoms with E-state index in [0.29, 0.717) is 4.88 Å². The maximum absolute atomic E-state index is 11.2. The maximum atomic E-state index is 11.2. The molecule has 0 aliphatic rings. The van der Waals surface area contributed by atoms with Crippen molar-refractivity contribution in [2.24, 2.45) is 0 Å². The molecular weight excluding hydrogens is 248 g/mol. The molecule has 0 bridgehead atoms. The smallest absolute Gasteiger partial charge is 0.306 e. The maximum Gasteiger partial charge on any atom is 0.323 e. The zero-order valence-corrected chi connectivity index (χ0v) is 10.3. The molecule has 0 radical (unpaired) electrons. The number of nitrogens with one attached hydrogen (secondary N) is 2. The Morgan fingerprint density at radius 3 is 2.83 bits per heavy atom. The zero-order chi connectivity index (χ0) is 12.7. The van der Waals surface area contributed by atoms with Gasteiger partial charge in [-0.1, -0.05) is 0 Å². The first-order valence-electron chi connectivity index (χ1n) is 5.27. The molecule has 5 nitrogen and oxygen atoms in total. The second-order valence-electron chi connectivity index (χ2n) is 3.88. The van der Waals surface area contributed by atoms with Crippen molar-refractivity contribution in [2.75, 3.05) is 0 Å². The third-order valence-electron chi connectivity index (χ3n) is 2.66. The molecule has 0 saturated heterocycles. The van der Waals surface area contributed by atoms with Crippen LogP contribution >= 0.6 is 11.3 Å². The molecule has 1 aromatic carbocycles. The van der Waals surface area contributed by atoms with Crippen molar-refractivity contribution in [3.05, 3.63) is 39.3 Å². The third-order valence-corrected chi connectivity index (χ3v) is 3.77. The molecule has 0 amide bonds. The minimum absolute atomic E-state index is 0.227. The highest BCUT2D eigenvalue weighted by Crippen LogP contribution is 2.28. The number of imidazole rings is 1. The van der Waals surface area contributed by atoms with Crippen LogP contribution < -0.4 is 5.69 Å². The topological polar surface area (TPSA) is 85.3 Å². The molecule has 3 rings (SSSR count). The van der Waals surface area contributed by atoms with Gasteiger partial charge in [-0.3, -0.25) is 0 Å². The van der Waals surface area contributed by atoms with E-state index in [4.69, 9.17) is 5.26 Å². The highest BCUT2D eigenvalue weighted by Gasteiger charge is 2.09. The van der Waals surface area contributed by atoms with Crippen LogP contribution in [0.25, 0.3) is 21.6 Å². The number of benzene rings is 1. The first kappa shape index (κ1) is 10.7. The zero-order valence-electron chi connectivity index (χ0n) is 9.44. The molecule has 0 aliphatic carbocycles. The first-order valence-corrected chi connectivity index (χ1v) is 6.09. The molecule has 0 unspecified atom stereocenters. The predicted molar refractivity (Wildman–Crippen MR) is 69.5 cm³/mol. The summed E-state index contributed by atoms with van der Waals surface area (Å²) < 4.78 is 0. The van der Waals surface area contributed by atoms with Crippen LogP contribution in [0.15, 0.2) is 23.0 Å². The monoisotopic (exact) mass is 256 g/mol. The fourth-order valence-corrected chi connectivity index (χ4v) is 2.65. The van der Waals surface area contributed by atoms with Crippen LogP contribution in [0.1, 0.15) is 10.6 Å². The van der Waals surface area contributed by atoms with E-state index >= 15 is 0 Å². The summed E-state index contributed by atoms with van der Waals surface area (Å²) in [7, 11) is 0. The Labute approximate surface area is 106 Å². The van der Waals surface area contributed by atoms with Gasteiger partial charge in [0.25, 0.3) is 0 Å². The molecule has 0 spiro atoms. The molecule has 0 fully saturated rings. The fourth-order valence-electron chi connectivity index (χ4n) is 1.79. The number of nitriles is 1. The Balaban J connectivity index is 2.18. The van der Waals surface area contributed by atoms with Crippen LogP contribution in [0.2, 0.25) is 0 Å². The number of nitrogens with zero attached hydrogens (tertiary/aromatic N) is 2. The van der Waals surface area contributed by atoms with Crippen molar-refractivity contribution in [3.63, 3.8) is 0 Å². The van der Waals surface area contributed by atoms with Crippen molar-refractivity contribution in [3.8, 4) is 16.6 Å². The lowest BCUT2D eigenvalue weighted by atomic mass is 10.2. The van der Waals surface area contributed by atoms with E-state index in [1.165, 1.54) is 11.3 Å². The van der Waals surface area contributed by atoms with E-state index in [1.807, 2.05) is 25.1 Å². The van der Waals surface area contributed by atoms with E-state index < -0.39 is 0 Å². The van der Waals surface area contributed by atoms with E-state index in [1.54, 1.807) is 0 Å². The minimum Gasteiger partial charge on any atom is -0.306 e. The molecule has 18 heavy (non-hydrogen) atoms. The number of aromatic amines is 2. The molecule has 6 heteroatoms. The summed E-state index contributed by atoms with van der Waals surface area (Å²) >= 11 is 1.35. The number of rotatable bonds is 1. The van der Waals surface area contributed by atoms with E-state index in [2.05, 4.69) is 21.0 Å². The second-order valence-corrected chi connectivity index (χ2v) is 4.88. The van der Waals surface area contributed by atoms with Gasteiger partial charge in [-0.2, -0.15) is 5.26 Å². The van der Waals surface area contributed by atoms with Crippen LogP contribution in [0.4, 0.5) is 0 Å². The van der Waals surface area contributed by atoms with Crippen LogP contribution in [0.3, 0.4) is 0 Å². The number of aromatic nitrogens is 3. The van der Waals surface area contributed by atoms with Crippen LogP contribution in [-0.2, 0) is 0 Å². The molecule has 2 heterocycles. The number of thiazole rings is 1. The Kier molecular flexibility index (Phi) is 2.28. The summed E-state index contributed by atoms with van der Waals surface area (Å²) in [5, 5.41) is 9.71. The number of aryl methyl sites for hydroxylation is 1. The minimum atomic E-state index is -0.227. The predicted octanol–water partition coefficient (Wildman–Crippen LogP) is 2.16. The largest absolute Gasteiger partial charge is 0.323 e. The lowest BCUT2D eigenvalue weighted by Crippen LogP contribution is -1.99. The van der Waals surface area contributed by atoms with Crippen molar-refractivity contribution in [1.82, 2.24) is 15.0 Å².